The molecule has 2 N–H and O–H groups in total. The van der Waals surface area contributed by atoms with E-state index in [1.807, 2.05) is 0 Å². The van der Waals surface area contributed by atoms with Gasteiger partial charge >= 0.3 is 0 Å². The van der Waals surface area contributed by atoms with Crippen molar-refractivity contribution in [1.29, 1.82) is 0 Å². The summed E-state index contributed by atoms with van der Waals surface area (Å²) in [6, 6.07) is 2.46. The van der Waals surface area contributed by atoms with Crippen LogP contribution in [0.5, 0.6) is 0 Å². The summed E-state index contributed by atoms with van der Waals surface area (Å²) >= 11 is 2.97. The maximum atomic E-state index is 15.6. The third kappa shape index (κ3) is 6.82. The molecule has 0 bridgehead atoms. The fraction of sp³-hybridized carbons (Fsp3) is 0.484. The van der Waals surface area contributed by atoms with E-state index >= 15 is 4.39 Å². The van der Waals surface area contributed by atoms with Gasteiger partial charge in [-0.3, -0.25) is 29.4 Å². The van der Waals surface area contributed by atoms with Crippen molar-refractivity contribution in [3.8, 4) is 0 Å². The van der Waals surface area contributed by atoms with Crippen LogP contribution in [0.15, 0.2) is 33.2 Å². The number of hydrogen-bond donors (Lipinski definition) is 2. The van der Waals surface area contributed by atoms with Gasteiger partial charge in [0.2, 0.25) is 23.6 Å². The molecule has 14 heteroatoms. The molecule has 0 spiro atoms. The molecule has 2 aromatic heterocycles. The second-order valence-corrected chi connectivity index (χ2v) is 15.0. The number of oxazole rings is 1. The average molecular weight is 655 g/mol. The summed E-state index contributed by atoms with van der Waals surface area (Å²) in [6.07, 6.45) is 5.14. The summed E-state index contributed by atoms with van der Waals surface area (Å²) in [7, 11) is 0. The van der Waals surface area contributed by atoms with Crippen LogP contribution in [0.4, 0.5) is 9.52 Å². The molecule has 0 saturated carbocycles. The number of amides is 4. The summed E-state index contributed by atoms with van der Waals surface area (Å²) in [4.78, 5) is 62.0. The topological polar surface area (TPSA) is 138 Å². The molecule has 0 aliphatic carbocycles. The second kappa shape index (κ2) is 12.6. The van der Waals surface area contributed by atoms with Gasteiger partial charge in [0, 0.05) is 41.0 Å². The Labute approximate surface area is 268 Å². The van der Waals surface area contributed by atoms with Gasteiger partial charge in [0.25, 0.3) is 5.91 Å². The van der Waals surface area contributed by atoms with Crippen LogP contribution in [0.3, 0.4) is 0 Å². The first-order chi connectivity index (χ1) is 21.5. The van der Waals surface area contributed by atoms with Gasteiger partial charge in [-0.05, 0) is 38.4 Å². The standard InChI is InChI=1S/C31H35FN6O5S2/c1-31(2,3)22-12-33-24(43-22)16-44-25-13-34-30(45-25)36-27(40)17-8-10-37(11-9-17)14-18-4-5-19-20(26(18)32)15-38(29(19)42)21-6-7-23(39)35-28(21)41/h4-5,12-13,17,21H,6-11,14-16H2,1-3H3,(H,34,36,40)(H,35,39,41). The molecule has 238 valence electrons. The molecule has 0 radical (unpaired) electrons. The largest absolute Gasteiger partial charge is 0.444 e. The number of hydrogen-bond acceptors (Lipinski definition) is 10. The molecular weight excluding hydrogens is 620 g/mol. The lowest BCUT2D eigenvalue weighted by atomic mass is 9.94. The number of fused-ring (bicyclic) bond motifs is 1. The van der Waals surface area contributed by atoms with E-state index < -0.39 is 23.7 Å². The van der Waals surface area contributed by atoms with Gasteiger partial charge in [0.1, 0.15) is 17.6 Å². The fourth-order valence-corrected chi connectivity index (χ4v) is 7.55. The average Bonchev–Trinajstić information content (AvgIpc) is 3.73. The Morgan fingerprint density at radius 3 is 2.64 bits per heavy atom. The molecule has 3 aliphatic heterocycles. The number of thioether (sulfide) groups is 1. The zero-order chi connectivity index (χ0) is 31.9. The number of anilines is 1. The van der Waals surface area contributed by atoms with Gasteiger partial charge < -0.3 is 14.6 Å². The van der Waals surface area contributed by atoms with Gasteiger partial charge in [-0.25, -0.2) is 14.4 Å². The Hall–Kier alpha value is -3.62. The van der Waals surface area contributed by atoms with Crippen LogP contribution < -0.4 is 10.6 Å². The Bertz CT molecular complexity index is 1640. The fourth-order valence-electron chi connectivity index (χ4n) is 5.82. The summed E-state index contributed by atoms with van der Waals surface area (Å²) < 4.78 is 22.4. The number of thiazole rings is 1. The number of rotatable bonds is 8. The number of carbonyl (C=O) groups is 4. The number of benzene rings is 1. The predicted molar refractivity (Wildman–Crippen MR) is 166 cm³/mol. The minimum absolute atomic E-state index is 0.00277. The quantitative estimate of drug-likeness (QED) is 0.266. The second-order valence-electron chi connectivity index (χ2n) is 12.6. The number of imide groups is 1. The Morgan fingerprint density at radius 1 is 1.16 bits per heavy atom. The number of aromatic nitrogens is 2. The van der Waals surface area contributed by atoms with Crippen LogP contribution in [-0.4, -0.2) is 62.5 Å². The molecule has 6 rings (SSSR count). The Morgan fingerprint density at radius 2 is 1.93 bits per heavy atom. The van der Waals surface area contributed by atoms with Gasteiger partial charge in [0.05, 0.1) is 28.9 Å². The highest BCUT2D eigenvalue weighted by atomic mass is 32.2. The molecule has 3 aromatic rings. The van der Waals surface area contributed by atoms with E-state index in [-0.39, 0.29) is 53.7 Å². The minimum atomic E-state index is -0.786. The predicted octanol–water partition coefficient (Wildman–Crippen LogP) is 4.47. The minimum Gasteiger partial charge on any atom is -0.444 e. The van der Waals surface area contributed by atoms with E-state index in [0.717, 1.165) is 9.97 Å². The molecule has 1 unspecified atom stereocenters. The number of nitrogens with one attached hydrogen (secondary N) is 2. The molecule has 1 aromatic carbocycles. The summed E-state index contributed by atoms with van der Waals surface area (Å²) in [5, 5.41) is 5.77. The zero-order valence-electron chi connectivity index (χ0n) is 25.4. The number of nitrogens with zero attached hydrogens (tertiary/aromatic N) is 4. The first-order valence-electron chi connectivity index (χ1n) is 15.0. The maximum absolute atomic E-state index is 15.6. The van der Waals surface area contributed by atoms with Crippen molar-refractivity contribution in [1.82, 2.24) is 25.1 Å². The van der Waals surface area contributed by atoms with Crippen molar-refractivity contribution in [2.45, 2.75) is 81.0 Å². The highest BCUT2D eigenvalue weighted by Gasteiger charge is 2.40. The number of piperidine rings is 2. The number of halogens is 1. The lowest BCUT2D eigenvalue weighted by Gasteiger charge is -2.31. The SMILES string of the molecule is CC(C)(C)c1cnc(CSc2cnc(NC(=O)C3CCN(Cc4ccc5c(c4F)CN(C4CCC(=O)NC4=O)C5=O)CC3)s2)o1. The van der Waals surface area contributed by atoms with Crippen molar-refractivity contribution < 1.29 is 28.0 Å². The monoisotopic (exact) mass is 654 g/mol. The third-order valence-electron chi connectivity index (χ3n) is 8.43. The van der Waals surface area contributed by atoms with Crippen LogP contribution in [0.25, 0.3) is 0 Å². The van der Waals surface area contributed by atoms with Crippen molar-refractivity contribution in [2.24, 2.45) is 5.92 Å². The zero-order valence-corrected chi connectivity index (χ0v) is 27.0. The highest BCUT2D eigenvalue weighted by Crippen LogP contribution is 2.34. The van der Waals surface area contributed by atoms with Crippen molar-refractivity contribution in [3.63, 3.8) is 0 Å². The van der Waals surface area contributed by atoms with Crippen LogP contribution in [0.1, 0.15) is 79.6 Å². The molecule has 11 nitrogen and oxygen atoms in total. The van der Waals surface area contributed by atoms with Gasteiger partial charge in [-0.1, -0.05) is 38.2 Å². The van der Waals surface area contributed by atoms with E-state index in [2.05, 4.69) is 46.3 Å². The van der Waals surface area contributed by atoms with Crippen molar-refractivity contribution >= 4 is 51.9 Å². The van der Waals surface area contributed by atoms with Gasteiger partial charge in [-0.2, -0.15) is 0 Å². The summed E-state index contributed by atoms with van der Waals surface area (Å²) in [6.45, 7) is 7.83. The van der Waals surface area contributed by atoms with Crippen LogP contribution in [0, 0.1) is 11.7 Å². The smallest absolute Gasteiger partial charge is 0.255 e. The van der Waals surface area contributed by atoms with Crippen LogP contribution >= 0.6 is 23.1 Å². The number of likely N-dealkylation sites (tertiary alicyclic amines) is 1. The Kier molecular flexibility index (Phi) is 8.81. The van der Waals surface area contributed by atoms with E-state index in [4.69, 9.17) is 4.42 Å². The highest BCUT2D eigenvalue weighted by molar-refractivity contribution is 8.00. The van der Waals surface area contributed by atoms with Crippen LogP contribution in [0.2, 0.25) is 0 Å². The van der Waals surface area contributed by atoms with Crippen LogP contribution in [-0.2, 0) is 38.6 Å². The van der Waals surface area contributed by atoms with Crippen molar-refractivity contribution in [3.05, 3.63) is 58.7 Å². The van der Waals surface area contributed by atoms with E-state index in [9.17, 15) is 19.2 Å². The molecule has 3 aliphatic rings. The lowest BCUT2D eigenvalue weighted by molar-refractivity contribution is -0.137. The van der Waals surface area contributed by atoms with E-state index in [0.29, 0.717) is 54.8 Å². The normalized spacial score (nSPS) is 19.6. The first-order valence-corrected chi connectivity index (χ1v) is 16.8. The van der Waals surface area contributed by atoms with E-state index in [1.54, 1.807) is 36.3 Å². The number of carbonyl (C=O) groups excluding carboxylic acids is 4. The third-order valence-corrected chi connectivity index (χ3v) is 10.5. The maximum Gasteiger partial charge on any atom is 0.255 e. The molecule has 45 heavy (non-hydrogen) atoms. The molecule has 2 fully saturated rings. The molecule has 4 amide bonds. The summed E-state index contributed by atoms with van der Waals surface area (Å²) in [5.74, 6) is 0.100. The van der Waals surface area contributed by atoms with E-state index in [1.165, 1.54) is 16.2 Å². The van der Waals surface area contributed by atoms with Crippen molar-refractivity contribution in [2.75, 3.05) is 18.4 Å². The first kappa shape index (κ1) is 31.4. The molecular formula is C31H35FN6O5S2. The molecule has 2 saturated heterocycles. The lowest BCUT2D eigenvalue weighted by Crippen LogP contribution is -2.52. The Balaban J connectivity index is 0.983. The summed E-state index contributed by atoms with van der Waals surface area (Å²) in [5.41, 5.74) is 0.915. The van der Waals surface area contributed by atoms with Gasteiger partial charge in [-0.15, -0.1) is 11.8 Å². The molecule has 1 atom stereocenters. The van der Waals surface area contributed by atoms with Gasteiger partial charge in [0.15, 0.2) is 5.13 Å². The molecule has 5 heterocycles.